The first-order valence-corrected chi connectivity index (χ1v) is 9.58. The highest BCUT2D eigenvalue weighted by Gasteiger charge is 2.16. The molecule has 5 rings (SSSR count). The summed E-state index contributed by atoms with van der Waals surface area (Å²) in [4.78, 5) is 0. The van der Waals surface area contributed by atoms with Crippen LogP contribution >= 0.6 is 0 Å². The van der Waals surface area contributed by atoms with Crippen molar-refractivity contribution >= 4 is 27.6 Å². The molecule has 0 saturated carbocycles. The molecule has 0 nitrogen and oxygen atoms in total. The molecule has 132 valence electrons. The zero-order valence-electron chi connectivity index (χ0n) is 15.6. The van der Waals surface area contributed by atoms with Crippen LogP contribution in [0, 0.1) is 0 Å². The Morgan fingerprint density at radius 3 is 1.46 bits per heavy atom. The van der Waals surface area contributed by atoms with Crippen LogP contribution < -0.4 is 0 Å². The summed E-state index contributed by atoms with van der Waals surface area (Å²) in [6, 6.07) is 36.8. The van der Waals surface area contributed by atoms with E-state index in [-0.39, 0.29) is 0 Å². The molecule has 0 amide bonds. The van der Waals surface area contributed by atoms with E-state index < -0.39 is 0 Å². The summed E-state index contributed by atoms with van der Waals surface area (Å²) in [6.07, 6.45) is 1.92. The van der Waals surface area contributed by atoms with Gasteiger partial charge in [0.25, 0.3) is 0 Å². The molecule has 0 fully saturated rings. The second-order valence-electron chi connectivity index (χ2n) is 7.04. The summed E-state index contributed by atoms with van der Waals surface area (Å²) in [5.41, 5.74) is 6.20. The maximum absolute atomic E-state index is 3.98. The molecule has 0 atom stereocenters. The van der Waals surface area contributed by atoms with Gasteiger partial charge in [0.1, 0.15) is 0 Å². The summed E-state index contributed by atoms with van der Waals surface area (Å²) < 4.78 is 0. The van der Waals surface area contributed by atoms with Crippen molar-refractivity contribution in [1.29, 1.82) is 0 Å². The minimum atomic E-state index is 1.14. The van der Waals surface area contributed by atoms with E-state index >= 15 is 0 Å². The number of hydrogen-bond donors (Lipinski definition) is 0. The molecule has 0 unspecified atom stereocenters. The third-order valence-electron chi connectivity index (χ3n) is 5.41. The zero-order valence-corrected chi connectivity index (χ0v) is 15.6. The molecule has 0 aliphatic carbocycles. The van der Waals surface area contributed by atoms with E-state index in [2.05, 4.69) is 110 Å². The summed E-state index contributed by atoms with van der Waals surface area (Å²) in [6.45, 7) is 3.98. The molecule has 0 N–H and O–H groups in total. The van der Waals surface area contributed by atoms with Crippen LogP contribution in [-0.2, 0) is 0 Å². The Labute approximate surface area is 165 Å². The second kappa shape index (κ2) is 6.83. The van der Waals surface area contributed by atoms with E-state index in [1.165, 1.54) is 43.8 Å². The van der Waals surface area contributed by atoms with Gasteiger partial charge in [-0.3, -0.25) is 0 Å². The van der Waals surface area contributed by atoms with Gasteiger partial charge in [-0.1, -0.05) is 110 Å². The quantitative estimate of drug-likeness (QED) is 0.288. The Kier molecular flexibility index (Phi) is 4.03. The van der Waals surface area contributed by atoms with Gasteiger partial charge in [0.2, 0.25) is 0 Å². The van der Waals surface area contributed by atoms with Crippen molar-refractivity contribution in [3.05, 3.63) is 115 Å². The van der Waals surface area contributed by atoms with Crippen molar-refractivity contribution in [3.63, 3.8) is 0 Å². The van der Waals surface area contributed by atoms with Crippen molar-refractivity contribution in [3.8, 4) is 22.3 Å². The van der Waals surface area contributed by atoms with Crippen LogP contribution in [0.25, 0.3) is 49.9 Å². The van der Waals surface area contributed by atoms with E-state index in [1.54, 1.807) is 0 Å². The monoisotopic (exact) mass is 356 g/mol. The summed E-state index contributed by atoms with van der Waals surface area (Å²) >= 11 is 0. The van der Waals surface area contributed by atoms with Gasteiger partial charge < -0.3 is 0 Å². The lowest BCUT2D eigenvalue weighted by Gasteiger charge is -2.18. The molecule has 28 heavy (non-hydrogen) atoms. The minimum absolute atomic E-state index is 1.14. The van der Waals surface area contributed by atoms with E-state index in [9.17, 15) is 0 Å². The van der Waals surface area contributed by atoms with E-state index in [4.69, 9.17) is 0 Å². The average molecular weight is 356 g/mol. The van der Waals surface area contributed by atoms with Gasteiger partial charge in [-0.05, 0) is 55.4 Å². The van der Waals surface area contributed by atoms with E-state index in [0.29, 0.717) is 0 Å². The summed E-state index contributed by atoms with van der Waals surface area (Å²) in [5.74, 6) is 0. The Bertz CT molecular complexity index is 1300. The largest absolute Gasteiger partial charge is 0.0985 e. The normalized spacial score (nSPS) is 11.0. The minimum Gasteiger partial charge on any atom is -0.0985 e. The van der Waals surface area contributed by atoms with Crippen LogP contribution in [-0.4, -0.2) is 0 Å². The topological polar surface area (TPSA) is 0 Å². The van der Waals surface area contributed by atoms with Crippen LogP contribution in [0.15, 0.2) is 110 Å². The molecular formula is C28H20. The summed E-state index contributed by atoms with van der Waals surface area (Å²) in [7, 11) is 0. The first kappa shape index (κ1) is 16.5. The Morgan fingerprint density at radius 2 is 0.929 bits per heavy atom. The first-order valence-electron chi connectivity index (χ1n) is 9.58. The third kappa shape index (κ3) is 2.62. The van der Waals surface area contributed by atoms with Crippen LogP contribution in [0.4, 0.5) is 0 Å². The van der Waals surface area contributed by atoms with Crippen molar-refractivity contribution in [2.45, 2.75) is 0 Å². The average Bonchev–Trinajstić information content (AvgIpc) is 2.78. The fourth-order valence-electron chi connectivity index (χ4n) is 4.15. The Balaban J connectivity index is 2.03. The lowest BCUT2D eigenvalue weighted by Crippen LogP contribution is -1.91. The fourth-order valence-corrected chi connectivity index (χ4v) is 4.15. The highest BCUT2D eigenvalue weighted by atomic mass is 14.2. The van der Waals surface area contributed by atoms with Crippen LogP contribution in [0.2, 0.25) is 0 Å². The third-order valence-corrected chi connectivity index (χ3v) is 5.41. The fraction of sp³-hybridized carbons (Fsp3) is 0. The van der Waals surface area contributed by atoms with Gasteiger partial charge in [0, 0.05) is 0 Å². The zero-order chi connectivity index (χ0) is 18.9. The van der Waals surface area contributed by atoms with Crippen LogP contribution in [0.1, 0.15) is 5.56 Å². The van der Waals surface area contributed by atoms with Crippen molar-refractivity contribution in [2.75, 3.05) is 0 Å². The molecule has 0 aliphatic rings. The second-order valence-corrected chi connectivity index (χ2v) is 7.04. The van der Waals surface area contributed by atoms with Crippen molar-refractivity contribution < 1.29 is 0 Å². The predicted molar refractivity (Wildman–Crippen MR) is 122 cm³/mol. The number of fused-ring (bicyclic) bond motifs is 2. The number of hydrogen-bond acceptors (Lipinski definition) is 0. The molecule has 0 saturated heterocycles. The summed E-state index contributed by atoms with van der Waals surface area (Å²) in [5, 5.41) is 5.10. The van der Waals surface area contributed by atoms with Crippen LogP contribution in [0.5, 0.6) is 0 Å². The molecule has 0 heterocycles. The first-order chi connectivity index (χ1) is 13.9. The number of benzene rings is 5. The van der Waals surface area contributed by atoms with Crippen LogP contribution in [0.3, 0.4) is 0 Å². The van der Waals surface area contributed by atoms with Gasteiger partial charge in [-0.25, -0.2) is 0 Å². The van der Waals surface area contributed by atoms with Crippen molar-refractivity contribution in [2.24, 2.45) is 0 Å². The Morgan fingerprint density at radius 1 is 0.464 bits per heavy atom. The van der Waals surface area contributed by atoms with E-state index in [1.807, 2.05) is 6.08 Å². The smallest absolute Gasteiger partial charge is 0.00262 e. The van der Waals surface area contributed by atoms with E-state index in [0.717, 1.165) is 5.56 Å². The maximum Gasteiger partial charge on any atom is -0.00262 e. The molecule has 0 aliphatic heterocycles. The van der Waals surface area contributed by atoms with Gasteiger partial charge in [0.05, 0.1) is 0 Å². The highest BCUT2D eigenvalue weighted by Crippen LogP contribution is 2.43. The molecular weight excluding hydrogens is 336 g/mol. The van der Waals surface area contributed by atoms with Gasteiger partial charge >= 0.3 is 0 Å². The lowest BCUT2D eigenvalue weighted by atomic mass is 9.85. The molecule has 0 spiro atoms. The molecule has 0 radical (unpaired) electrons. The molecule has 0 heteroatoms. The standard InChI is InChI=1S/C28H20/c1-2-20-17-18-25-26(19-20)28(22-13-7-4-8-14-22)24-16-10-9-15-23(24)27(25)21-11-5-3-6-12-21/h2-19H,1H2. The van der Waals surface area contributed by atoms with Crippen molar-refractivity contribution in [1.82, 2.24) is 0 Å². The van der Waals surface area contributed by atoms with Gasteiger partial charge in [-0.15, -0.1) is 0 Å². The maximum atomic E-state index is 3.98. The highest BCUT2D eigenvalue weighted by molar-refractivity contribution is 6.21. The molecule has 5 aromatic rings. The molecule has 0 bridgehead atoms. The lowest BCUT2D eigenvalue weighted by molar-refractivity contribution is 1.64. The molecule has 5 aromatic carbocycles. The van der Waals surface area contributed by atoms with Gasteiger partial charge in [-0.2, -0.15) is 0 Å². The molecule has 0 aromatic heterocycles. The van der Waals surface area contributed by atoms with Gasteiger partial charge in [0.15, 0.2) is 0 Å². The SMILES string of the molecule is C=Cc1ccc2c(-c3ccccc3)c3ccccc3c(-c3ccccc3)c2c1. The Hall–Kier alpha value is -3.64. The predicted octanol–water partition coefficient (Wildman–Crippen LogP) is 7.97. The number of rotatable bonds is 3.